The first kappa shape index (κ1) is 61.4. The van der Waals surface area contributed by atoms with E-state index in [4.69, 9.17) is 10.8 Å². The number of ketones is 3. The molecule has 0 fully saturated rings. The first-order valence-electron chi connectivity index (χ1n) is 26.8. The summed E-state index contributed by atoms with van der Waals surface area (Å²) in [6, 6.07) is 36.7. The Morgan fingerprint density at radius 2 is 1.06 bits per heavy atom. The lowest BCUT2D eigenvalue weighted by atomic mass is 9.85. The molecule has 5 aromatic rings. The quantitative estimate of drug-likeness (QED) is 0.0166. The van der Waals surface area contributed by atoms with Crippen LogP contribution in [0.3, 0.4) is 0 Å². The molecular weight excluding hydrogens is 1010 g/mol. The van der Waals surface area contributed by atoms with E-state index in [9.17, 15) is 53.4 Å². The number of carbonyl (C=O) groups excluding carboxylic acids is 6. The first-order valence-corrected chi connectivity index (χ1v) is 26.8. The second kappa shape index (κ2) is 31.1. The minimum absolute atomic E-state index is 0.0697. The number of hydrogen-bond acceptors (Lipinski definition) is 11. The van der Waals surface area contributed by atoms with E-state index in [1.165, 1.54) is 6.92 Å². The highest BCUT2D eigenvalue weighted by Crippen LogP contribution is 2.37. The largest absolute Gasteiger partial charge is 0.481 e. The number of aliphatic carboxylic acids is 3. The molecule has 0 aliphatic carbocycles. The number of aromatic nitrogens is 3. The Bertz CT molecular complexity index is 2860. The van der Waals surface area contributed by atoms with Crippen LogP contribution in [0.25, 0.3) is 11.1 Å². The van der Waals surface area contributed by atoms with Gasteiger partial charge >= 0.3 is 17.9 Å². The van der Waals surface area contributed by atoms with Gasteiger partial charge in [0, 0.05) is 56.1 Å². The lowest BCUT2D eigenvalue weighted by Gasteiger charge is -2.26. The highest BCUT2D eigenvalue weighted by molar-refractivity contribution is 6.04. The molecule has 418 valence electrons. The highest BCUT2D eigenvalue weighted by Gasteiger charge is 2.35. The molecule has 7 N–H and O–H groups in total. The van der Waals surface area contributed by atoms with Crippen LogP contribution < -0.4 is 16.4 Å². The fourth-order valence-corrected chi connectivity index (χ4v) is 9.37. The monoisotopic (exact) mass is 1080 g/mol. The fraction of sp³-hybridized carbons (Fsp3) is 0.393. The van der Waals surface area contributed by atoms with Crippen LogP contribution in [0, 0.1) is 23.7 Å². The third-order valence-electron chi connectivity index (χ3n) is 13.8. The van der Waals surface area contributed by atoms with Gasteiger partial charge in [0.25, 0.3) is 0 Å². The topological polar surface area (TPSA) is 295 Å². The van der Waals surface area contributed by atoms with E-state index in [2.05, 4.69) is 106 Å². The zero-order valence-corrected chi connectivity index (χ0v) is 45.1. The van der Waals surface area contributed by atoms with Crippen LogP contribution in [-0.4, -0.2) is 95.4 Å². The van der Waals surface area contributed by atoms with Crippen LogP contribution in [-0.2, 0) is 56.1 Å². The van der Waals surface area contributed by atoms with Gasteiger partial charge in [0.1, 0.15) is 5.78 Å². The van der Waals surface area contributed by atoms with Gasteiger partial charge in [-0.15, -0.1) is 5.10 Å². The lowest BCUT2D eigenvalue weighted by Crippen LogP contribution is -2.49. The Morgan fingerprint density at radius 3 is 1.58 bits per heavy atom. The van der Waals surface area contributed by atoms with Crippen molar-refractivity contribution >= 4 is 64.1 Å². The van der Waals surface area contributed by atoms with Crippen LogP contribution in [0.4, 0.5) is 0 Å². The Balaban J connectivity index is 1.08. The smallest absolute Gasteiger partial charge is 0.305 e. The number of unbranched alkanes of at least 4 members (excludes halogenated alkanes) is 2. The minimum Gasteiger partial charge on any atom is -0.481 e. The molecule has 0 bridgehead atoms. The van der Waals surface area contributed by atoms with Crippen LogP contribution >= 0.6 is 0 Å². The van der Waals surface area contributed by atoms with E-state index < -0.39 is 115 Å². The van der Waals surface area contributed by atoms with Gasteiger partial charge in [-0.05, 0) is 77.0 Å². The molecule has 0 unspecified atom stereocenters. The van der Waals surface area contributed by atoms with Crippen LogP contribution in [0.15, 0.2) is 121 Å². The standard InChI is InChI=1S/C61H72N6O12/c1-39(2)49(35-53(70)50(31-32-54(71)72)63-60(78)40(3)33-55(73)74)61(79)64-51(36-56(75)76)52(69)34-46(59(62)77)23-14-7-15-25-48(68)26-16-24-47-38-67(66-65-47)37-41-27-29-45(30-28-41)58(44-21-12-6-13-22-44)57(42-17-8-4-9-18-42)43-19-10-5-11-20-43/h4-6,8-13,17-22,27-30,38-40,46,49-51H,7,14-16,23-26,31-37H2,1-3H3,(H2,62,77)(H,63,78)(H,64,79)(H,71,72)(H,73,74)(H,75,76)/t40-,46+,49-,50-,51-/m0/s1. The maximum atomic E-state index is 13.6. The van der Waals surface area contributed by atoms with Gasteiger partial charge in [-0.3, -0.25) is 43.2 Å². The van der Waals surface area contributed by atoms with Crippen molar-refractivity contribution < 1.29 is 58.5 Å². The van der Waals surface area contributed by atoms with Gasteiger partial charge in [0.15, 0.2) is 11.6 Å². The van der Waals surface area contributed by atoms with Gasteiger partial charge in [0.2, 0.25) is 17.7 Å². The van der Waals surface area contributed by atoms with Gasteiger partial charge < -0.3 is 31.7 Å². The number of carboxylic acids is 3. The van der Waals surface area contributed by atoms with Crippen LogP contribution in [0.1, 0.15) is 138 Å². The van der Waals surface area contributed by atoms with Crippen molar-refractivity contribution in [1.29, 1.82) is 0 Å². The van der Waals surface area contributed by atoms with Crippen molar-refractivity contribution in [3.8, 4) is 0 Å². The molecule has 0 aliphatic heterocycles. The maximum absolute atomic E-state index is 13.6. The number of benzene rings is 4. The molecule has 0 saturated heterocycles. The van der Waals surface area contributed by atoms with Gasteiger partial charge in [0.05, 0.1) is 37.2 Å². The van der Waals surface area contributed by atoms with Crippen molar-refractivity contribution in [3.05, 3.63) is 155 Å². The highest BCUT2D eigenvalue weighted by atomic mass is 16.4. The summed E-state index contributed by atoms with van der Waals surface area (Å²) in [5.74, 6) is -11.5. The second-order valence-electron chi connectivity index (χ2n) is 20.4. The molecular formula is C61H72N6O12. The average Bonchev–Trinajstić information content (AvgIpc) is 3.87. The molecule has 1 aromatic heterocycles. The summed E-state index contributed by atoms with van der Waals surface area (Å²) < 4.78 is 1.79. The summed E-state index contributed by atoms with van der Waals surface area (Å²) in [4.78, 5) is 113. The number of nitrogens with zero attached hydrogens (tertiary/aromatic N) is 3. The molecule has 18 nitrogen and oxygen atoms in total. The number of aryl methyl sites for hydroxylation is 1. The Hall–Kier alpha value is -8.41. The number of Topliss-reactive ketones (excluding diaryl/α,β-unsaturated/α-hetero) is 3. The summed E-state index contributed by atoms with van der Waals surface area (Å²) in [5.41, 5.74) is 14.2. The van der Waals surface area contributed by atoms with E-state index >= 15 is 0 Å². The Labute approximate surface area is 460 Å². The lowest BCUT2D eigenvalue weighted by molar-refractivity contribution is -0.142. The number of rotatable bonds is 35. The van der Waals surface area contributed by atoms with Crippen LogP contribution in [0.5, 0.6) is 0 Å². The SMILES string of the molecule is CC(C)[C@H](CC(=O)[C@H](CCC(=O)O)NC(=O)[C@@H](C)CC(=O)O)C(=O)N[C@@H](CC(=O)O)C(=O)C[C@@H](CCCCCC(=O)CCCc1cn(Cc2ccc(C(=C(c3ccccc3)c3ccccc3)c3ccccc3)cc2)nn1)C(N)=O. The number of primary amides is 1. The molecule has 4 aromatic carbocycles. The van der Waals surface area contributed by atoms with Crippen molar-refractivity contribution in [1.82, 2.24) is 25.6 Å². The molecule has 1 heterocycles. The number of hydrogen-bond donors (Lipinski definition) is 6. The maximum Gasteiger partial charge on any atom is 0.305 e. The molecule has 3 amide bonds. The average molecular weight is 1080 g/mol. The van der Waals surface area contributed by atoms with Crippen molar-refractivity contribution in [2.45, 2.75) is 129 Å². The number of nitrogens with one attached hydrogen (secondary N) is 2. The predicted molar refractivity (Wildman–Crippen MR) is 296 cm³/mol. The minimum atomic E-state index is -1.58. The summed E-state index contributed by atoms with van der Waals surface area (Å²) in [7, 11) is 0. The number of nitrogens with two attached hydrogens (primary N) is 1. The summed E-state index contributed by atoms with van der Waals surface area (Å²) in [5, 5.41) is 41.5. The van der Waals surface area contributed by atoms with Crippen molar-refractivity contribution in [2.75, 3.05) is 0 Å². The van der Waals surface area contributed by atoms with Crippen molar-refractivity contribution in [3.63, 3.8) is 0 Å². The molecule has 79 heavy (non-hydrogen) atoms. The molecule has 18 heteroatoms. The van der Waals surface area contributed by atoms with E-state index in [0.717, 1.165) is 44.7 Å². The van der Waals surface area contributed by atoms with E-state index in [-0.39, 0.29) is 18.6 Å². The number of carboxylic acid groups (broad SMARTS) is 3. The van der Waals surface area contributed by atoms with E-state index in [0.29, 0.717) is 51.5 Å². The summed E-state index contributed by atoms with van der Waals surface area (Å²) in [6.07, 6.45) is 2.17. The molecule has 0 aliphatic rings. The zero-order valence-electron chi connectivity index (χ0n) is 45.1. The van der Waals surface area contributed by atoms with Gasteiger partial charge in [-0.1, -0.05) is 154 Å². The van der Waals surface area contributed by atoms with E-state index in [1.807, 2.05) is 36.5 Å². The number of amides is 3. The van der Waals surface area contributed by atoms with Crippen molar-refractivity contribution in [2.24, 2.45) is 29.4 Å². The first-order chi connectivity index (χ1) is 37.8. The molecule has 0 spiro atoms. The molecule has 5 atom stereocenters. The Morgan fingerprint density at radius 1 is 0.544 bits per heavy atom. The summed E-state index contributed by atoms with van der Waals surface area (Å²) >= 11 is 0. The predicted octanol–water partition coefficient (Wildman–Crippen LogP) is 7.89. The zero-order chi connectivity index (χ0) is 57.4. The molecule has 5 rings (SSSR count). The van der Waals surface area contributed by atoms with Crippen LogP contribution in [0.2, 0.25) is 0 Å². The molecule has 0 radical (unpaired) electrons. The van der Waals surface area contributed by atoms with Gasteiger partial charge in [-0.25, -0.2) is 4.68 Å². The number of carbonyl (C=O) groups is 9. The Kier molecular flexibility index (Phi) is 24.2. The summed E-state index contributed by atoms with van der Waals surface area (Å²) in [6.45, 7) is 5.05. The molecule has 0 saturated carbocycles. The second-order valence-corrected chi connectivity index (χ2v) is 20.4. The normalized spacial score (nSPS) is 13.0. The third kappa shape index (κ3) is 20.2. The third-order valence-corrected chi connectivity index (χ3v) is 13.8. The van der Waals surface area contributed by atoms with Gasteiger partial charge in [-0.2, -0.15) is 0 Å². The fourth-order valence-electron chi connectivity index (χ4n) is 9.37. The van der Waals surface area contributed by atoms with E-state index in [1.54, 1.807) is 18.5 Å².